The summed E-state index contributed by atoms with van der Waals surface area (Å²) in [6.07, 6.45) is 5.23. The summed E-state index contributed by atoms with van der Waals surface area (Å²) in [5.41, 5.74) is 0.911. The van der Waals surface area contributed by atoms with Crippen molar-refractivity contribution in [1.29, 1.82) is 5.26 Å². The molecule has 1 N–H and O–H groups in total. The summed E-state index contributed by atoms with van der Waals surface area (Å²) in [5.74, 6) is 3.29. The monoisotopic (exact) mass is 250 g/mol. The van der Waals surface area contributed by atoms with Crippen molar-refractivity contribution in [3.63, 3.8) is 0 Å². The number of fused-ring (bicyclic) bond motifs is 1. The lowest BCUT2D eigenvalue weighted by Crippen LogP contribution is -2.20. The molecule has 0 aliphatic carbocycles. The zero-order chi connectivity index (χ0) is 13.7. The fraction of sp³-hybridized carbons (Fsp3) is 0.188. The van der Waals surface area contributed by atoms with E-state index < -0.39 is 6.04 Å². The third kappa shape index (κ3) is 2.52. The Hall–Kier alpha value is -2.49. The molecule has 0 amide bonds. The molecular formula is C16H14N2O. The lowest BCUT2D eigenvalue weighted by Gasteiger charge is -2.14. The first kappa shape index (κ1) is 13.0. The van der Waals surface area contributed by atoms with Crippen LogP contribution in [-0.4, -0.2) is 13.7 Å². The zero-order valence-electron chi connectivity index (χ0n) is 10.7. The SMILES string of the molecule is C#CCNC(C#N)c1ccc(OC)c2ccccc12. The number of hydrogen-bond acceptors (Lipinski definition) is 3. The summed E-state index contributed by atoms with van der Waals surface area (Å²) in [7, 11) is 1.64. The molecule has 0 aliphatic heterocycles. The van der Waals surface area contributed by atoms with Gasteiger partial charge in [0.25, 0.3) is 0 Å². The van der Waals surface area contributed by atoms with E-state index in [1.807, 2.05) is 36.4 Å². The topological polar surface area (TPSA) is 45.0 Å². The zero-order valence-corrected chi connectivity index (χ0v) is 10.7. The second-order valence-corrected chi connectivity index (χ2v) is 4.05. The summed E-state index contributed by atoms with van der Waals surface area (Å²) in [6, 6.07) is 13.4. The van der Waals surface area contributed by atoms with Crippen molar-refractivity contribution >= 4 is 10.8 Å². The van der Waals surface area contributed by atoms with Crippen LogP contribution < -0.4 is 10.1 Å². The fourth-order valence-electron chi connectivity index (χ4n) is 2.11. The number of methoxy groups -OCH3 is 1. The smallest absolute Gasteiger partial charge is 0.126 e. The molecule has 0 saturated heterocycles. The first-order valence-corrected chi connectivity index (χ1v) is 5.94. The molecule has 1 atom stereocenters. The number of ether oxygens (including phenoxy) is 1. The van der Waals surface area contributed by atoms with Crippen LogP contribution in [0.1, 0.15) is 11.6 Å². The summed E-state index contributed by atoms with van der Waals surface area (Å²) < 4.78 is 5.34. The van der Waals surface area contributed by atoms with Gasteiger partial charge in [-0.1, -0.05) is 36.3 Å². The Kier molecular flexibility index (Phi) is 4.03. The van der Waals surface area contributed by atoms with E-state index in [1.54, 1.807) is 7.11 Å². The standard InChI is InChI=1S/C16H14N2O/c1-3-10-18-15(11-17)13-8-9-16(19-2)14-7-5-4-6-12(13)14/h1,4-9,15,18H,10H2,2H3. The summed E-state index contributed by atoms with van der Waals surface area (Å²) in [4.78, 5) is 0. The fourth-order valence-corrected chi connectivity index (χ4v) is 2.11. The predicted octanol–water partition coefficient (Wildman–Crippen LogP) is 2.64. The van der Waals surface area contributed by atoms with Gasteiger partial charge in [0.2, 0.25) is 0 Å². The minimum atomic E-state index is -0.424. The maximum Gasteiger partial charge on any atom is 0.126 e. The molecule has 0 aromatic heterocycles. The summed E-state index contributed by atoms with van der Waals surface area (Å²) in [5, 5.41) is 14.3. The van der Waals surface area contributed by atoms with Crippen LogP contribution in [0, 0.1) is 23.7 Å². The van der Waals surface area contributed by atoms with Crippen molar-refractivity contribution in [3.8, 4) is 24.2 Å². The van der Waals surface area contributed by atoms with E-state index >= 15 is 0 Å². The molecule has 2 rings (SSSR count). The number of rotatable bonds is 4. The molecule has 0 saturated carbocycles. The van der Waals surface area contributed by atoms with Gasteiger partial charge in [-0.3, -0.25) is 5.32 Å². The van der Waals surface area contributed by atoms with Gasteiger partial charge in [0.15, 0.2) is 0 Å². The summed E-state index contributed by atoms with van der Waals surface area (Å²) >= 11 is 0. The number of nitriles is 1. The van der Waals surface area contributed by atoms with Gasteiger partial charge in [-0.2, -0.15) is 5.26 Å². The first-order chi connectivity index (χ1) is 9.31. The van der Waals surface area contributed by atoms with E-state index in [9.17, 15) is 5.26 Å². The number of benzene rings is 2. The largest absolute Gasteiger partial charge is 0.496 e. The van der Waals surface area contributed by atoms with Gasteiger partial charge in [-0.15, -0.1) is 6.42 Å². The van der Waals surface area contributed by atoms with Gasteiger partial charge in [0.1, 0.15) is 11.8 Å². The van der Waals surface area contributed by atoms with Gasteiger partial charge in [-0.25, -0.2) is 0 Å². The number of terminal acetylenes is 1. The lowest BCUT2D eigenvalue weighted by atomic mass is 9.98. The summed E-state index contributed by atoms with van der Waals surface area (Å²) in [6.45, 7) is 0.360. The second kappa shape index (κ2) is 5.91. The minimum Gasteiger partial charge on any atom is -0.496 e. The molecule has 0 spiro atoms. The van der Waals surface area contributed by atoms with Crippen LogP contribution in [0.3, 0.4) is 0 Å². The molecule has 0 aliphatic rings. The molecule has 0 bridgehead atoms. The van der Waals surface area contributed by atoms with Crippen molar-refractivity contribution in [3.05, 3.63) is 42.0 Å². The van der Waals surface area contributed by atoms with Crippen LogP contribution in [0.4, 0.5) is 0 Å². The highest BCUT2D eigenvalue weighted by Crippen LogP contribution is 2.31. The predicted molar refractivity (Wildman–Crippen MR) is 75.7 cm³/mol. The van der Waals surface area contributed by atoms with Crippen LogP contribution in [-0.2, 0) is 0 Å². The highest BCUT2D eigenvalue weighted by atomic mass is 16.5. The third-order valence-corrected chi connectivity index (χ3v) is 2.99. The molecule has 94 valence electrons. The normalized spacial score (nSPS) is 11.5. The van der Waals surface area contributed by atoms with Crippen LogP contribution in [0.2, 0.25) is 0 Å². The molecule has 0 heterocycles. The highest BCUT2D eigenvalue weighted by Gasteiger charge is 2.14. The van der Waals surface area contributed by atoms with Crippen molar-refractivity contribution in [2.24, 2.45) is 0 Å². The molecule has 1 unspecified atom stereocenters. The third-order valence-electron chi connectivity index (χ3n) is 2.99. The van der Waals surface area contributed by atoms with Crippen molar-refractivity contribution in [2.45, 2.75) is 6.04 Å². The highest BCUT2D eigenvalue weighted by molar-refractivity contribution is 5.91. The molecule has 2 aromatic rings. The van der Waals surface area contributed by atoms with Gasteiger partial charge in [-0.05, 0) is 17.0 Å². The first-order valence-electron chi connectivity index (χ1n) is 5.94. The van der Waals surface area contributed by atoms with Crippen LogP contribution in [0.25, 0.3) is 10.8 Å². The number of nitrogens with one attached hydrogen (secondary N) is 1. The minimum absolute atomic E-state index is 0.360. The molecule has 0 fully saturated rings. The Balaban J connectivity index is 2.56. The van der Waals surface area contributed by atoms with Crippen molar-refractivity contribution < 1.29 is 4.74 Å². The Morgan fingerprint density at radius 2 is 2.00 bits per heavy atom. The molecule has 3 heteroatoms. The Bertz CT molecular complexity index is 664. The lowest BCUT2D eigenvalue weighted by molar-refractivity contribution is 0.419. The molecule has 2 aromatic carbocycles. The molecule has 3 nitrogen and oxygen atoms in total. The van der Waals surface area contributed by atoms with Crippen LogP contribution >= 0.6 is 0 Å². The maximum atomic E-state index is 9.28. The van der Waals surface area contributed by atoms with Gasteiger partial charge in [0.05, 0.1) is 19.7 Å². The van der Waals surface area contributed by atoms with Gasteiger partial charge in [0, 0.05) is 5.39 Å². The quantitative estimate of drug-likeness (QED) is 0.848. The molecule has 19 heavy (non-hydrogen) atoms. The van der Waals surface area contributed by atoms with Crippen LogP contribution in [0.15, 0.2) is 36.4 Å². The molecule has 0 radical (unpaired) electrons. The van der Waals surface area contributed by atoms with E-state index in [0.29, 0.717) is 6.54 Å². The molecular weight excluding hydrogens is 236 g/mol. The van der Waals surface area contributed by atoms with E-state index in [1.165, 1.54) is 0 Å². The Morgan fingerprint density at radius 3 is 2.63 bits per heavy atom. The van der Waals surface area contributed by atoms with Gasteiger partial charge < -0.3 is 4.74 Å². The Morgan fingerprint density at radius 1 is 1.26 bits per heavy atom. The number of hydrogen-bond donors (Lipinski definition) is 1. The number of nitrogens with zero attached hydrogens (tertiary/aromatic N) is 1. The van der Waals surface area contributed by atoms with Crippen LogP contribution in [0.5, 0.6) is 5.75 Å². The average Bonchev–Trinajstić information content (AvgIpc) is 2.48. The van der Waals surface area contributed by atoms with Crippen molar-refractivity contribution in [2.75, 3.05) is 13.7 Å². The van der Waals surface area contributed by atoms with E-state index in [4.69, 9.17) is 11.2 Å². The van der Waals surface area contributed by atoms with Crippen molar-refractivity contribution in [1.82, 2.24) is 5.32 Å². The maximum absolute atomic E-state index is 9.28. The van der Waals surface area contributed by atoms with Gasteiger partial charge >= 0.3 is 0 Å². The van der Waals surface area contributed by atoms with E-state index in [0.717, 1.165) is 22.1 Å². The average molecular weight is 250 g/mol. The second-order valence-electron chi connectivity index (χ2n) is 4.05. The van der Waals surface area contributed by atoms with E-state index in [-0.39, 0.29) is 0 Å². The van der Waals surface area contributed by atoms with E-state index in [2.05, 4.69) is 17.3 Å². The Labute approximate surface area is 112 Å².